The molecule has 184 valence electrons. The van der Waals surface area contributed by atoms with Crippen molar-refractivity contribution in [3.8, 4) is 0 Å². The molecule has 0 saturated carbocycles. The highest BCUT2D eigenvalue weighted by molar-refractivity contribution is 6.40. The van der Waals surface area contributed by atoms with Gasteiger partial charge in [-0.15, -0.1) is 0 Å². The summed E-state index contributed by atoms with van der Waals surface area (Å²) in [6.07, 6.45) is 0. The fraction of sp³-hybridized carbons (Fsp3) is 0.0526. The average molecular weight is 498 g/mol. The van der Waals surface area contributed by atoms with Crippen LogP contribution in [0.25, 0.3) is 53.9 Å². The predicted molar refractivity (Wildman–Crippen MR) is 169 cm³/mol. The molecular formula is C38H27N. The van der Waals surface area contributed by atoms with Crippen molar-refractivity contribution in [1.82, 2.24) is 0 Å². The highest BCUT2D eigenvalue weighted by Crippen LogP contribution is 2.50. The minimum absolute atomic E-state index is 1.16. The molecule has 0 bridgehead atoms. The third-order valence-corrected chi connectivity index (χ3v) is 8.29. The molecule has 0 spiro atoms. The Kier molecular flexibility index (Phi) is 4.72. The van der Waals surface area contributed by atoms with Gasteiger partial charge < -0.3 is 4.90 Å². The highest BCUT2D eigenvalue weighted by atomic mass is 15.1. The van der Waals surface area contributed by atoms with Crippen LogP contribution in [0.3, 0.4) is 0 Å². The van der Waals surface area contributed by atoms with Crippen molar-refractivity contribution in [3.05, 3.63) is 139 Å². The minimum Gasteiger partial charge on any atom is -0.309 e. The molecule has 8 aromatic carbocycles. The van der Waals surface area contributed by atoms with Gasteiger partial charge in [-0.05, 0) is 75.8 Å². The summed E-state index contributed by atoms with van der Waals surface area (Å²) in [5, 5.41) is 13.1. The van der Waals surface area contributed by atoms with Crippen molar-refractivity contribution in [3.63, 3.8) is 0 Å². The van der Waals surface area contributed by atoms with Gasteiger partial charge in [0, 0.05) is 27.5 Å². The van der Waals surface area contributed by atoms with Crippen LogP contribution in [0.1, 0.15) is 11.1 Å². The molecule has 0 saturated heterocycles. The number of aryl methyl sites for hydroxylation is 2. The zero-order chi connectivity index (χ0) is 26.1. The SMILES string of the molecule is Cc1ccc(N(c2ccc(C)cc2)c2c3ccccc3c3c4cccc5cccc(c6cccc2c63)c54)cc1. The Labute approximate surface area is 227 Å². The maximum Gasteiger partial charge on any atom is 0.0619 e. The predicted octanol–water partition coefficient (Wildman–Crippen LogP) is 11.0. The van der Waals surface area contributed by atoms with Gasteiger partial charge >= 0.3 is 0 Å². The largest absolute Gasteiger partial charge is 0.309 e. The molecule has 0 aromatic heterocycles. The van der Waals surface area contributed by atoms with Gasteiger partial charge in [0.1, 0.15) is 0 Å². The monoisotopic (exact) mass is 497 g/mol. The third-order valence-electron chi connectivity index (χ3n) is 8.29. The van der Waals surface area contributed by atoms with Gasteiger partial charge in [-0.25, -0.2) is 0 Å². The van der Waals surface area contributed by atoms with Crippen LogP contribution >= 0.6 is 0 Å². The molecule has 1 heteroatoms. The molecule has 0 atom stereocenters. The lowest BCUT2D eigenvalue weighted by Crippen LogP contribution is -2.11. The summed E-state index contributed by atoms with van der Waals surface area (Å²) in [4.78, 5) is 2.45. The summed E-state index contributed by atoms with van der Waals surface area (Å²) in [6.45, 7) is 4.30. The Morgan fingerprint density at radius 2 is 0.795 bits per heavy atom. The van der Waals surface area contributed by atoms with Crippen molar-refractivity contribution >= 4 is 70.9 Å². The summed E-state index contributed by atoms with van der Waals surface area (Å²) < 4.78 is 0. The molecule has 0 amide bonds. The van der Waals surface area contributed by atoms with Crippen molar-refractivity contribution in [2.75, 3.05) is 4.90 Å². The standard InChI is InChI=1S/C38H27N/c1-24-16-20-27(21-17-24)39(28-22-18-25(2)19-23-28)38-32-11-4-3-10-31(32)36-33-14-6-9-26-8-5-12-29(35(26)33)30-13-7-15-34(38)37(30)36/h3-23H,1-2H3. The lowest BCUT2D eigenvalue weighted by Gasteiger charge is -2.30. The molecule has 1 nitrogen and oxygen atoms in total. The molecule has 0 N–H and O–H groups in total. The molecule has 8 aromatic rings. The van der Waals surface area contributed by atoms with E-state index in [1.165, 1.54) is 70.7 Å². The zero-order valence-corrected chi connectivity index (χ0v) is 22.1. The van der Waals surface area contributed by atoms with Crippen LogP contribution in [0, 0.1) is 13.8 Å². The Balaban J connectivity index is 1.62. The van der Waals surface area contributed by atoms with Crippen molar-refractivity contribution in [1.29, 1.82) is 0 Å². The number of hydrogen-bond acceptors (Lipinski definition) is 1. The molecule has 0 aliphatic carbocycles. The Morgan fingerprint density at radius 1 is 0.359 bits per heavy atom. The van der Waals surface area contributed by atoms with Crippen LogP contribution < -0.4 is 4.90 Å². The number of benzene rings is 8. The summed E-state index contributed by atoms with van der Waals surface area (Å²) in [5.41, 5.74) is 6.07. The van der Waals surface area contributed by atoms with E-state index >= 15 is 0 Å². The first kappa shape index (κ1) is 22.1. The molecule has 0 fully saturated rings. The van der Waals surface area contributed by atoms with Gasteiger partial charge in [-0.2, -0.15) is 0 Å². The van der Waals surface area contributed by atoms with Crippen LogP contribution in [0.4, 0.5) is 17.1 Å². The van der Waals surface area contributed by atoms with Crippen molar-refractivity contribution in [2.24, 2.45) is 0 Å². The van der Waals surface area contributed by atoms with Crippen LogP contribution in [0.5, 0.6) is 0 Å². The van der Waals surface area contributed by atoms with E-state index in [0.717, 1.165) is 11.4 Å². The van der Waals surface area contributed by atoms with Crippen LogP contribution in [0.2, 0.25) is 0 Å². The fourth-order valence-electron chi connectivity index (χ4n) is 6.52. The first-order chi connectivity index (χ1) is 19.2. The lowest BCUT2D eigenvalue weighted by atomic mass is 9.86. The van der Waals surface area contributed by atoms with E-state index < -0.39 is 0 Å². The summed E-state index contributed by atoms with van der Waals surface area (Å²) in [7, 11) is 0. The second-order valence-electron chi connectivity index (χ2n) is 10.7. The second kappa shape index (κ2) is 8.31. The topological polar surface area (TPSA) is 3.24 Å². The van der Waals surface area contributed by atoms with Gasteiger partial charge in [-0.3, -0.25) is 0 Å². The molecule has 0 heterocycles. The molecular weight excluding hydrogens is 470 g/mol. The van der Waals surface area contributed by atoms with E-state index in [1.54, 1.807) is 0 Å². The fourth-order valence-corrected chi connectivity index (χ4v) is 6.52. The second-order valence-corrected chi connectivity index (χ2v) is 10.7. The average Bonchev–Trinajstić information content (AvgIpc) is 2.98. The summed E-state index contributed by atoms with van der Waals surface area (Å²) in [6, 6.07) is 47.1. The molecule has 0 radical (unpaired) electrons. The van der Waals surface area contributed by atoms with E-state index in [1.807, 2.05) is 0 Å². The molecule has 0 aliphatic rings. The van der Waals surface area contributed by atoms with Crippen molar-refractivity contribution in [2.45, 2.75) is 13.8 Å². The van der Waals surface area contributed by atoms with Crippen molar-refractivity contribution < 1.29 is 0 Å². The summed E-state index contributed by atoms with van der Waals surface area (Å²) >= 11 is 0. The number of hydrogen-bond donors (Lipinski definition) is 0. The Bertz CT molecular complexity index is 2120. The maximum absolute atomic E-state index is 2.45. The molecule has 0 unspecified atom stereocenters. The molecule has 39 heavy (non-hydrogen) atoms. The first-order valence-corrected chi connectivity index (χ1v) is 13.6. The van der Waals surface area contributed by atoms with Gasteiger partial charge in [0.15, 0.2) is 0 Å². The Morgan fingerprint density at radius 3 is 1.44 bits per heavy atom. The van der Waals surface area contributed by atoms with Gasteiger partial charge in [0.05, 0.1) is 5.69 Å². The Hall–Kier alpha value is -4.88. The van der Waals surface area contributed by atoms with Crippen LogP contribution in [0.15, 0.2) is 127 Å². The van der Waals surface area contributed by atoms with E-state index in [-0.39, 0.29) is 0 Å². The number of anilines is 3. The maximum atomic E-state index is 2.45. The van der Waals surface area contributed by atoms with E-state index in [9.17, 15) is 0 Å². The van der Waals surface area contributed by atoms with Gasteiger partial charge in [0.25, 0.3) is 0 Å². The lowest BCUT2D eigenvalue weighted by molar-refractivity contribution is 1.29. The van der Waals surface area contributed by atoms with Crippen LogP contribution in [-0.4, -0.2) is 0 Å². The zero-order valence-electron chi connectivity index (χ0n) is 22.1. The number of rotatable bonds is 3. The van der Waals surface area contributed by atoms with E-state index in [4.69, 9.17) is 0 Å². The van der Waals surface area contributed by atoms with Crippen LogP contribution in [-0.2, 0) is 0 Å². The first-order valence-electron chi connectivity index (χ1n) is 13.6. The molecule has 0 aliphatic heterocycles. The van der Waals surface area contributed by atoms with E-state index in [0.29, 0.717) is 0 Å². The number of fused-ring (bicyclic) bond motifs is 4. The normalized spacial score (nSPS) is 11.8. The number of nitrogens with zero attached hydrogens (tertiary/aromatic N) is 1. The minimum atomic E-state index is 1.16. The highest BCUT2D eigenvalue weighted by Gasteiger charge is 2.23. The smallest absolute Gasteiger partial charge is 0.0619 e. The molecule has 8 rings (SSSR count). The third kappa shape index (κ3) is 3.20. The quantitative estimate of drug-likeness (QED) is 0.173. The summed E-state index contributed by atoms with van der Waals surface area (Å²) in [5.74, 6) is 0. The van der Waals surface area contributed by atoms with E-state index in [2.05, 4.69) is 146 Å². The van der Waals surface area contributed by atoms with Gasteiger partial charge in [-0.1, -0.05) is 114 Å². The van der Waals surface area contributed by atoms with Gasteiger partial charge in [0.2, 0.25) is 0 Å².